The van der Waals surface area contributed by atoms with Gasteiger partial charge in [-0.2, -0.15) is 0 Å². The second kappa shape index (κ2) is 7.17. The molecule has 2 nitrogen and oxygen atoms in total. The first-order valence-corrected chi connectivity index (χ1v) is 9.59. The van der Waals surface area contributed by atoms with Crippen molar-refractivity contribution >= 4 is 27.3 Å². The van der Waals surface area contributed by atoms with Crippen LogP contribution in [0.4, 0.5) is 8.78 Å². The first-order chi connectivity index (χ1) is 13.4. The van der Waals surface area contributed by atoms with Crippen molar-refractivity contribution in [3.63, 3.8) is 0 Å². The Morgan fingerprint density at radius 1 is 1.00 bits per heavy atom. The number of nitrogens with two attached hydrogens (primary N) is 1. The van der Waals surface area contributed by atoms with Gasteiger partial charge in [-0.1, -0.05) is 24.3 Å². The van der Waals surface area contributed by atoms with Gasteiger partial charge in [0.25, 0.3) is 0 Å². The third-order valence-electron chi connectivity index (χ3n) is 4.57. The number of primary amides is 1. The molecule has 0 aliphatic carbocycles. The first-order valence-electron chi connectivity index (χ1n) is 8.77. The SMILES string of the molecule is Cc1cc(F)cc(Cc2cc3cccc(-c4cc(F)cc(C(N)=O)c4)c3s2)c1. The van der Waals surface area contributed by atoms with Gasteiger partial charge in [-0.05, 0) is 71.0 Å². The van der Waals surface area contributed by atoms with E-state index in [0.29, 0.717) is 12.0 Å². The van der Waals surface area contributed by atoms with Crippen molar-refractivity contribution in [1.29, 1.82) is 0 Å². The molecule has 0 unspecified atom stereocenters. The molecule has 1 heterocycles. The molecular weight excluding hydrogens is 376 g/mol. The molecule has 1 aromatic heterocycles. The molecule has 2 N–H and O–H groups in total. The highest BCUT2D eigenvalue weighted by molar-refractivity contribution is 7.19. The predicted molar refractivity (Wildman–Crippen MR) is 110 cm³/mol. The number of fused-ring (bicyclic) bond motifs is 1. The topological polar surface area (TPSA) is 43.1 Å². The van der Waals surface area contributed by atoms with Crippen LogP contribution in [0.2, 0.25) is 0 Å². The summed E-state index contributed by atoms with van der Waals surface area (Å²) in [5.41, 5.74) is 8.70. The molecule has 140 valence electrons. The minimum absolute atomic E-state index is 0.138. The lowest BCUT2D eigenvalue weighted by Crippen LogP contribution is -2.11. The normalized spacial score (nSPS) is 11.1. The van der Waals surface area contributed by atoms with Crippen LogP contribution in [-0.2, 0) is 6.42 Å². The summed E-state index contributed by atoms with van der Waals surface area (Å²) in [7, 11) is 0. The molecule has 0 bridgehead atoms. The smallest absolute Gasteiger partial charge is 0.248 e. The van der Waals surface area contributed by atoms with E-state index in [2.05, 4.69) is 6.07 Å². The molecule has 0 aliphatic rings. The molecule has 0 aliphatic heterocycles. The van der Waals surface area contributed by atoms with Gasteiger partial charge in [-0.3, -0.25) is 4.79 Å². The third kappa shape index (κ3) is 3.66. The van der Waals surface area contributed by atoms with Crippen LogP contribution < -0.4 is 5.73 Å². The zero-order valence-corrected chi connectivity index (χ0v) is 15.9. The quantitative estimate of drug-likeness (QED) is 0.465. The highest BCUT2D eigenvalue weighted by Crippen LogP contribution is 2.36. The maximum absolute atomic E-state index is 14.0. The van der Waals surface area contributed by atoms with Gasteiger partial charge >= 0.3 is 0 Å². The fourth-order valence-electron chi connectivity index (χ4n) is 3.43. The van der Waals surface area contributed by atoms with E-state index in [4.69, 9.17) is 5.73 Å². The van der Waals surface area contributed by atoms with E-state index in [-0.39, 0.29) is 11.4 Å². The van der Waals surface area contributed by atoms with Crippen molar-refractivity contribution in [2.45, 2.75) is 13.3 Å². The number of aryl methyl sites for hydroxylation is 1. The van der Waals surface area contributed by atoms with Crippen LogP contribution in [0.5, 0.6) is 0 Å². The Hall–Kier alpha value is -3.05. The summed E-state index contributed by atoms with van der Waals surface area (Å²) in [6, 6.07) is 17.0. The van der Waals surface area contributed by atoms with Crippen molar-refractivity contribution in [2.75, 3.05) is 0 Å². The minimum atomic E-state index is -0.665. The van der Waals surface area contributed by atoms with E-state index in [0.717, 1.165) is 37.7 Å². The molecule has 0 spiro atoms. The van der Waals surface area contributed by atoms with E-state index >= 15 is 0 Å². The number of carbonyl (C=O) groups excluding carboxylic acids is 1. The average molecular weight is 393 g/mol. The third-order valence-corrected chi connectivity index (χ3v) is 5.75. The van der Waals surface area contributed by atoms with E-state index in [1.54, 1.807) is 23.5 Å². The summed E-state index contributed by atoms with van der Waals surface area (Å²) in [5.74, 6) is -1.41. The Labute approximate surface area is 165 Å². The number of thiophene rings is 1. The number of hydrogen-bond donors (Lipinski definition) is 1. The lowest BCUT2D eigenvalue weighted by molar-refractivity contribution is 0.1000. The number of rotatable bonds is 4. The Morgan fingerprint density at radius 3 is 2.54 bits per heavy atom. The molecule has 0 saturated carbocycles. The lowest BCUT2D eigenvalue weighted by Gasteiger charge is -2.06. The van der Waals surface area contributed by atoms with Crippen LogP contribution in [0, 0.1) is 18.6 Å². The van der Waals surface area contributed by atoms with Gasteiger partial charge in [0.1, 0.15) is 11.6 Å². The molecule has 1 amide bonds. The zero-order valence-electron chi connectivity index (χ0n) is 15.1. The lowest BCUT2D eigenvalue weighted by atomic mass is 10.0. The van der Waals surface area contributed by atoms with E-state index in [1.807, 2.05) is 31.2 Å². The van der Waals surface area contributed by atoms with Crippen LogP contribution >= 0.6 is 11.3 Å². The van der Waals surface area contributed by atoms with E-state index in [9.17, 15) is 13.6 Å². The van der Waals surface area contributed by atoms with Crippen molar-refractivity contribution in [2.24, 2.45) is 5.73 Å². The first kappa shape index (κ1) is 18.3. The van der Waals surface area contributed by atoms with Crippen LogP contribution in [0.3, 0.4) is 0 Å². The van der Waals surface area contributed by atoms with Crippen molar-refractivity contribution in [3.05, 3.63) is 93.9 Å². The summed E-state index contributed by atoms with van der Waals surface area (Å²) in [6.45, 7) is 1.87. The number of carbonyl (C=O) groups is 1. The fourth-order valence-corrected chi connectivity index (χ4v) is 4.66. The highest BCUT2D eigenvalue weighted by atomic mass is 32.1. The summed E-state index contributed by atoms with van der Waals surface area (Å²) in [5, 5.41) is 1.02. The van der Waals surface area contributed by atoms with Crippen molar-refractivity contribution in [3.8, 4) is 11.1 Å². The monoisotopic (exact) mass is 393 g/mol. The molecule has 0 radical (unpaired) electrons. The maximum Gasteiger partial charge on any atom is 0.248 e. The van der Waals surface area contributed by atoms with Crippen molar-refractivity contribution < 1.29 is 13.6 Å². The van der Waals surface area contributed by atoms with Gasteiger partial charge in [0.05, 0.1) is 0 Å². The van der Waals surface area contributed by atoms with Crippen LogP contribution in [0.1, 0.15) is 26.4 Å². The summed E-state index contributed by atoms with van der Waals surface area (Å²) < 4.78 is 28.7. The summed E-state index contributed by atoms with van der Waals surface area (Å²) in [6.07, 6.45) is 0.618. The van der Waals surface area contributed by atoms with E-state index < -0.39 is 11.7 Å². The minimum Gasteiger partial charge on any atom is -0.366 e. The molecule has 0 atom stereocenters. The molecular formula is C23H17F2NOS. The summed E-state index contributed by atoms with van der Waals surface area (Å²) >= 11 is 1.58. The Kier molecular flexibility index (Phi) is 4.69. The Morgan fingerprint density at radius 2 is 1.79 bits per heavy atom. The molecule has 4 aromatic rings. The Bertz CT molecular complexity index is 1190. The Balaban J connectivity index is 1.79. The van der Waals surface area contributed by atoms with Gasteiger partial charge in [-0.25, -0.2) is 8.78 Å². The second-order valence-electron chi connectivity index (χ2n) is 6.84. The molecule has 5 heteroatoms. The van der Waals surface area contributed by atoms with Gasteiger partial charge in [-0.15, -0.1) is 11.3 Å². The number of hydrogen-bond acceptors (Lipinski definition) is 2. The van der Waals surface area contributed by atoms with Crippen molar-refractivity contribution in [1.82, 2.24) is 0 Å². The number of amides is 1. The molecule has 4 rings (SSSR count). The highest BCUT2D eigenvalue weighted by Gasteiger charge is 2.12. The van der Waals surface area contributed by atoms with E-state index in [1.165, 1.54) is 12.1 Å². The van der Waals surface area contributed by atoms with Crippen LogP contribution in [-0.4, -0.2) is 5.91 Å². The molecule has 28 heavy (non-hydrogen) atoms. The van der Waals surface area contributed by atoms with Gasteiger partial charge in [0, 0.05) is 21.6 Å². The van der Waals surface area contributed by atoms with Gasteiger partial charge in [0.2, 0.25) is 5.91 Å². The second-order valence-corrected chi connectivity index (χ2v) is 7.98. The molecule has 0 saturated heterocycles. The summed E-state index contributed by atoms with van der Waals surface area (Å²) in [4.78, 5) is 12.6. The number of benzene rings is 3. The molecule has 0 fully saturated rings. The van der Waals surface area contributed by atoms with Crippen LogP contribution in [0.15, 0.2) is 60.7 Å². The number of halogens is 2. The fraction of sp³-hybridized carbons (Fsp3) is 0.0870. The molecule has 3 aromatic carbocycles. The predicted octanol–water partition coefficient (Wildman–Crippen LogP) is 5.84. The van der Waals surface area contributed by atoms with Gasteiger partial charge in [0.15, 0.2) is 0 Å². The average Bonchev–Trinajstić information content (AvgIpc) is 3.02. The standard InChI is InChI=1S/C23H17F2NOS/c1-13-5-14(7-18(24)6-13)8-20-12-15-3-2-4-21(22(15)28-20)16-9-17(23(26)27)11-19(25)10-16/h2-7,9-12H,8H2,1H3,(H2,26,27). The maximum atomic E-state index is 14.0. The van der Waals surface area contributed by atoms with Crippen LogP contribution in [0.25, 0.3) is 21.2 Å². The zero-order chi connectivity index (χ0) is 19.8. The van der Waals surface area contributed by atoms with Gasteiger partial charge < -0.3 is 5.73 Å². The largest absolute Gasteiger partial charge is 0.366 e.